The lowest BCUT2D eigenvalue weighted by molar-refractivity contribution is 0.228. The number of aryl methyl sites for hydroxylation is 2. The third kappa shape index (κ3) is 2.90. The maximum Gasteiger partial charge on any atom is 0.150 e. The van der Waals surface area contributed by atoms with Crippen molar-refractivity contribution < 1.29 is 5.11 Å². The Morgan fingerprint density at radius 2 is 2.04 bits per heavy atom. The first-order valence-corrected chi connectivity index (χ1v) is 9.04. The quantitative estimate of drug-likeness (QED) is 0.939. The molecule has 0 radical (unpaired) electrons. The summed E-state index contributed by atoms with van der Waals surface area (Å²) in [6.45, 7) is 4.68. The van der Waals surface area contributed by atoms with Crippen LogP contribution in [0.3, 0.4) is 0 Å². The zero-order valence-electron chi connectivity index (χ0n) is 14.3. The molecule has 2 aromatic heterocycles. The summed E-state index contributed by atoms with van der Waals surface area (Å²) in [5, 5.41) is 19.1. The highest BCUT2D eigenvalue weighted by Crippen LogP contribution is 2.34. The molecule has 0 unspecified atom stereocenters. The predicted octanol–water partition coefficient (Wildman–Crippen LogP) is 2.75. The van der Waals surface area contributed by atoms with Gasteiger partial charge in [0.05, 0.1) is 11.7 Å². The molecule has 24 heavy (non-hydrogen) atoms. The Kier molecular flexibility index (Phi) is 4.22. The first-order valence-electron chi connectivity index (χ1n) is 9.04. The molecule has 0 saturated carbocycles. The molecule has 2 aliphatic heterocycles. The van der Waals surface area contributed by atoms with Gasteiger partial charge in [-0.25, -0.2) is 0 Å². The normalized spacial score (nSPS) is 21.6. The first-order chi connectivity index (χ1) is 11.7. The van der Waals surface area contributed by atoms with Gasteiger partial charge in [-0.1, -0.05) is 6.42 Å². The summed E-state index contributed by atoms with van der Waals surface area (Å²) >= 11 is 0. The third-order valence-corrected chi connectivity index (χ3v) is 5.24. The van der Waals surface area contributed by atoms with Crippen LogP contribution in [0.2, 0.25) is 0 Å². The summed E-state index contributed by atoms with van der Waals surface area (Å²) < 4.78 is 2.35. The third-order valence-electron chi connectivity index (χ3n) is 5.24. The Labute approximate surface area is 142 Å². The Bertz CT molecular complexity index is 726. The van der Waals surface area contributed by atoms with Gasteiger partial charge in [0.15, 0.2) is 0 Å². The molecule has 1 fully saturated rings. The second-order valence-corrected chi connectivity index (χ2v) is 6.98. The molecule has 4 heterocycles. The largest absolute Gasteiger partial charge is 0.506 e. The summed E-state index contributed by atoms with van der Waals surface area (Å²) in [4.78, 5) is 6.91. The van der Waals surface area contributed by atoms with E-state index in [-0.39, 0.29) is 11.8 Å². The van der Waals surface area contributed by atoms with Crippen LogP contribution in [0.25, 0.3) is 0 Å². The maximum absolute atomic E-state index is 10.1. The van der Waals surface area contributed by atoms with E-state index in [9.17, 15) is 5.11 Å². The fourth-order valence-electron chi connectivity index (χ4n) is 3.97. The summed E-state index contributed by atoms with van der Waals surface area (Å²) in [7, 11) is 0. The van der Waals surface area contributed by atoms with E-state index in [1.165, 1.54) is 19.3 Å². The van der Waals surface area contributed by atoms with Crippen molar-refractivity contribution in [1.29, 1.82) is 0 Å². The van der Waals surface area contributed by atoms with Crippen molar-refractivity contribution in [2.75, 3.05) is 6.54 Å². The molecule has 0 bridgehead atoms. The molecule has 1 atom stereocenters. The highest BCUT2D eigenvalue weighted by Gasteiger charge is 2.32. The molecule has 2 aromatic rings. The lowest BCUT2D eigenvalue weighted by Gasteiger charge is -2.24. The second-order valence-electron chi connectivity index (χ2n) is 6.98. The molecular formula is C18H25N5O. The SMILES string of the molecule is Cc1ccc(O)c(CN2CCC[C@H]2c2nnc3n2CCCCC3)n1. The van der Waals surface area contributed by atoms with Crippen LogP contribution in [0.1, 0.15) is 61.2 Å². The number of pyridine rings is 1. The van der Waals surface area contributed by atoms with Crippen molar-refractivity contribution in [2.45, 2.75) is 64.6 Å². The van der Waals surface area contributed by atoms with Crippen molar-refractivity contribution in [3.8, 4) is 5.75 Å². The van der Waals surface area contributed by atoms with E-state index >= 15 is 0 Å². The minimum atomic E-state index is 0.283. The topological polar surface area (TPSA) is 67.1 Å². The molecule has 128 valence electrons. The lowest BCUT2D eigenvalue weighted by Crippen LogP contribution is -2.26. The molecule has 2 aliphatic rings. The van der Waals surface area contributed by atoms with Crippen LogP contribution < -0.4 is 0 Å². The minimum Gasteiger partial charge on any atom is -0.506 e. The van der Waals surface area contributed by atoms with Gasteiger partial charge in [-0.15, -0.1) is 10.2 Å². The molecular weight excluding hydrogens is 302 g/mol. The van der Waals surface area contributed by atoms with Crippen LogP contribution in [0, 0.1) is 6.92 Å². The summed E-state index contributed by atoms with van der Waals surface area (Å²) in [6, 6.07) is 3.87. The van der Waals surface area contributed by atoms with Crippen molar-refractivity contribution in [3.63, 3.8) is 0 Å². The van der Waals surface area contributed by atoms with E-state index in [1.807, 2.05) is 13.0 Å². The zero-order valence-corrected chi connectivity index (χ0v) is 14.3. The van der Waals surface area contributed by atoms with Gasteiger partial charge in [-0.2, -0.15) is 0 Å². The smallest absolute Gasteiger partial charge is 0.150 e. The van der Waals surface area contributed by atoms with E-state index in [1.54, 1.807) is 6.07 Å². The van der Waals surface area contributed by atoms with Gasteiger partial charge in [-0.3, -0.25) is 9.88 Å². The van der Waals surface area contributed by atoms with Gasteiger partial charge in [0, 0.05) is 25.2 Å². The average molecular weight is 327 g/mol. The Balaban J connectivity index is 1.59. The molecule has 0 spiro atoms. The minimum absolute atomic E-state index is 0.283. The summed E-state index contributed by atoms with van der Waals surface area (Å²) in [5.41, 5.74) is 1.70. The monoisotopic (exact) mass is 327 g/mol. The van der Waals surface area contributed by atoms with Crippen molar-refractivity contribution >= 4 is 0 Å². The standard InChI is InChI=1S/C18H25N5O/c1-13-8-9-16(24)14(19-13)12-22-10-5-6-15(22)18-21-20-17-7-3-2-4-11-23(17)18/h8-9,15,24H,2-7,10-12H2,1H3/t15-/m0/s1. The van der Waals surface area contributed by atoms with E-state index in [0.717, 1.165) is 55.4 Å². The number of nitrogens with zero attached hydrogens (tertiary/aromatic N) is 5. The molecule has 1 saturated heterocycles. The average Bonchev–Trinajstić information content (AvgIpc) is 3.11. The Morgan fingerprint density at radius 3 is 2.96 bits per heavy atom. The first kappa shape index (κ1) is 15.6. The van der Waals surface area contributed by atoms with Gasteiger partial charge < -0.3 is 9.67 Å². The van der Waals surface area contributed by atoms with Crippen LogP contribution in [0.4, 0.5) is 0 Å². The predicted molar refractivity (Wildman–Crippen MR) is 90.6 cm³/mol. The lowest BCUT2D eigenvalue weighted by atomic mass is 10.2. The Hall–Kier alpha value is -1.95. The highest BCUT2D eigenvalue weighted by molar-refractivity contribution is 5.27. The molecule has 4 rings (SSSR count). The second kappa shape index (κ2) is 6.51. The maximum atomic E-state index is 10.1. The van der Waals surface area contributed by atoms with E-state index in [0.29, 0.717) is 6.54 Å². The van der Waals surface area contributed by atoms with E-state index < -0.39 is 0 Å². The highest BCUT2D eigenvalue weighted by atomic mass is 16.3. The number of fused-ring (bicyclic) bond motifs is 1. The molecule has 0 aliphatic carbocycles. The number of hydrogen-bond acceptors (Lipinski definition) is 5. The van der Waals surface area contributed by atoms with Crippen molar-refractivity contribution in [1.82, 2.24) is 24.6 Å². The van der Waals surface area contributed by atoms with Crippen molar-refractivity contribution in [3.05, 3.63) is 35.2 Å². The molecule has 1 N–H and O–H groups in total. The van der Waals surface area contributed by atoms with Crippen molar-refractivity contribution in [2.24, 2.45) is 0 Å². The van der Waals surface area contributed by atoms with Crippen LogP contribution in [0.5, 0.6) is 5.75 Å². The van der Waals surface area contributed by atoms with Crippen LogP contribution in [-0.2, 0) is 19.5 Å². The molecule has 6 nitrogen and oxygen atoms in total. The number of hydrogen-bond donors (Lipinski definition) is 1. The molecule has 6 heteroatoms. The fraction of sp³-hybridized carbons (Fsp3) is 0.611. The number of aromatic nitrogens is 4. The van der Waals surface area contributed by atoms with Crippen LogP contribution in [0.15, 0.2) is 12.1 Å². The summed E-state index contributed by atoms with van der Waals surface area (Å²) in [6.07, 6.45) is 7.00. The number of likely N-dealkylation sites (tertiary alicyclic amines) is 1. The summed E-state index contributed by atoms with van der Waals surface area (Å²) in [5.74, 6) is 2.54. The van der Waals surface area contributed by atoms with Gasteiger partial charge in [0.2, 0.25) is 0 Å². The van der Waals surface area contributed by atoms with Crippen LogP contribution in [-0.4, -0.2) is 36.3 Å². The molecule has 0 aromatic carbocycles. The van der Waals surface area contributed by atoms with Gasteiger partial charge >= 0.3 is 0 Å². The van der Waals surface area contributed by atoms with Gasteiger partial charge in [0.25, 0.3) is 0 Å². The fourth-order valence-corrected chi connectivity index (χ4v) is 3.97. The number of aromatic hydroxyl groups is 1. The van der Waals surface area contributed by atoms with E-state index in [2.05, 4.69) is 24.6 Å². The van der Waals surface area contributed by atoms with Gasteiger partial charge in [-0.05, 0) is 51.3 Å². The van der Waals surface area contributed by atoms with E-state index in [4.69, 9.17) is 0 Å². The number of rotatable bonds is 3. The van der Waals surface area contributed by atoms with Gasteiger partial charge in [0.1, 0.15) is 17.4 Å². The Morgan fingerprint density at radius 1 is 1.12 bits per heavy atom. The zero-order chi connectivity index (χ0) is 16.5. The molecule has 0 amide bonds. The van der Waals surface area contributed by atoms with Crippen LogP contribution >= 0.6 is 0 Å².